The predicted molar refractivity (Wildman–Crippen MR) is 232 cm³/mol. The first-order chi connectivity index (χ1) is 29.2. The van der Waals surface area contributed by atoms with Gasteiger partial charge in [0.25, 0.3) is 0 Å². The number of nitrogens with one attached hydrogen (secondary N) is 2. The van der Waals surface area contributed by atoms with E-state index in [-0.39, 0.29) is 18.0 Å². The number of allylic oxidation sites excluding steroid dienone is 1. The molecule has 4 aromatic rings. The maximum Gasteiger partial charge on any atom is 0.343 e. The van der Waals surface area contributed by atoms with Gasteiger partial charge in [-0.15, -0.1) is 0 Å². The van der Waals surface area contributed by atoms with E-state index in [4.69, 9.17) is 19.4 Å². The molecule has 2 N–H and O–H groups in total. The molecule has 2 amide bonds. The number of pyridine rings is 1. The van der Waals surface area contributed by atoms with Gasteiger partial charge in [-0.1, -0.05) is 25.8 Å². The average Bonchev–Trinajstić information content (AvgIpc) is 3.73. The standard InChI is InChI=1S/C46H59N9O5/c1-31-9-11-33(12-10-31)29-54-30-37(36-28-48-45(51-43(36)54)49-35-17-20-47-42(27-35)59-3)34-18-22-53(23-19-34)21-5-4-6-24-60-25-7-8-32-13-14-38-40(26-32)52(2)46(58)55(38)39-15-16-41(56)50-44(39)57/h13-14,17,20,26-31,33-34,39H,4-12,15-16,18-19,21-25H2,1-3H3,(H-,47,48,49,50,51,56,57)/p+1. The summed E-state index contributed by atoms with van der Waals surface area (Å²) in [4.78, 5) is 53.9. The Morgan fingerprint density at radius 3 is 2.55 bits per heavy atom. The smallest absolute Gasteiger partial charge is 0.343 e. The zero-order chi connectivity index (χ0) is 41.6. The Balaban J connectivity index is 0.768. The van der Waals surface area contributed by atoms with Crippen LogP contribution in [-0.2, 0) is 27.8 Å². The lowest BCUT2D eigenvalue weighted by Crippen LogP contribution is -2.44. The number of fused-ring (bicyclic) bond motifs is 2. The van der Waals surface area contributed by atoms with Crippen LogP contribution in [0.5, 0.6) is 5.88 Å². The normalized spacial score (nSPS) is 21.9. The molecule has 3 aliphatic heterocycles. The molecule has 3 aromatic heterocycles. The number of aromatic nitrogens is 5. The SMILES string of the molecule is COc1cc(Nc2ncc3c(n2)[N+](=CC2CCC(C)CC2)C=C3C2CCN(CCCCCOCCCc3ccc4c(c3)n(C)c(=O)n4C3CCC(=O)NC3=O)CC2)ccn1. The molecule has 1 aliphatic carbocycles. The number of unbranched alkanes of at least 4 members (excludes halogenated alkanes) is 2. The van der Waals surface area contributed by atoms with Crippen molar-refractivity contribution in [1.29, 1.82) is 0 Å². The fourth-order valence-corrected chi connectivity index (χ4v) is 9.40. The number of hydrogen-bond acceptors (Lipinski definition) is 10. The molecule has 1 aromatic carbocycles. The van der Waals surface area contributed by atoms with Gasteiger partial charge in [0.05, 0.1) is 29.9 Å². The maximum atomic E-state index is 13.1. The summed E-state index contributed by atoms with van der Waals surface area (Å²) in [6, 6.07) is 9.04. The van der Waals surface area contributed by atoms with Gasteiger partial charge in [-0.05, 0) is 124 Å². The number of likely N-dealkylation sites (tertiary alicyclic amines) is 1. The van der Waals surface area contributed by atoms with Crippen LogP contribution in [-0.4, -0.2) is 91.5 Å². The van der Waals surface area contributed by atoms with Gasteiger partial charge in [0.15, 0.2) is 0 Å². The Bertz CT molecular complexity index is 2300. The highest BCUT2D eigenvalue weighted by Gasteiger charge is 2.36. The second-order valence-corrected chi connectivity index (χ2v) is 17.2. The van der Waals surface area contributed by atoms with Crippen molar-refractivity contribution in [2.24, 2.45) is 24.8 Å². The van der Waals surface area contributed by atoms with Gasteiger partial charge in [0.1, 0.15) is 12.2 Å². The zero-order valence-electron chi connectivity index (χ0n) is 35.4. The Labute approximate surface area is 352 Å². The Morgan fingerprint density at radius 2 is 1.75 bits per heavy atom. The molecule has 1 atom stereocenters. The summed E-state index contributed by atoms with van der Waals surface area (Å²) >= 11 is 0. The van der Waals surface area contributed by atoms with E-state index in [2.05, 4.69) is 44.4 Å². The molecule has 60 heavy (non-hydrogen) atoms. The average molecular weight is 819 g/mol. The van der Waals surface area contributed by atoms with Gasteiger partial charge in [-0.25, -0.2) is 14.4 Å². The van der Waals surface area contributed by atoms with Gasteiger partial charge >= 0.3 is 17.5 Å². The maximum absolute atomic E-state index is 13.1. The molecule has 1 unspecified atom stereocenters. The summed E-state index contributed by atoms with van der Waals surface area (Å²) in [5.41, 5.74) is 5.75. The minimum absolute atomic E-state index is 0.229. The lowest BCUT2D eigenvalue weighted by Gasteiger charge is -2.32. The highest BCUT2D eigenvalue weighted by atomic mass is 16.5. The molecule has 8 rings (SSSR count). The number of ether oxygens (including phenoxy) is 2. The molecule has 0 spiro atoms. The van der Waals surface area contributed by atoms with Crippen molar-refractivity contribution < 1.29 is 23.6 Å². The van der Waals surface area contributed by atoms with Gasteiger partial charge in [0.2, 0.25) is 17.7 Å². The third kappa shape index (κ3) is 9.55. The summed E-state index contributed by atoms with van der Waals surface area (Å²) < 4.78 is 16.7. The van der Waals surface area contributed by atoms with Crippen molar-refractivity contribution in [3.63, 3.8) is 0 Å². The fraction of sp³-hybridized carbons (Fsp3) is 0.543. The third-order valence-electron chi connectivity index (χ3n) is 13.0. The number of amides is 2. The van der Waals surface area contributed by atoms with E-state index < -0.39 is 11.9 Å². The molecule has 1 saturated carbocycles. The molecular formula is C46H60N9O5+. The fourth-order valence-electron chi connectivity index (χ4n) is 9.40. The van der Waals surface area contributed by atoms with Crippen LogP contribution < -0.4 is 21.1 Å². The molecule has 14 nitrogen and oxygen atoms in total. The van der Waals surface area contributed by atoms with Crippen LogP contribution in [0.2, 0.25) is 0 Å². The van der Waals surface area contributed by atoms with Crippen molar-refractivity contribution in [3.05, 3.63) is 70.5 Å². The lowest BCUT2D eigenvalue weighted by atomic mass is 9.84. The molecule has 14 heteroatoms. The monoisotopic (exact) mass is 818 g/mol. The number of imide groups is 1. The summed E-state index contributed by atoms with van der Waals surface area (Å²) in [7, 11) is 3.34. The summed E-state index contributed by atoms with van der Waals surface area (Å²) in [5.74, 6) is 3.23. The Kier molecular flexibility index (Phi) is 13.2. The lowest BCUT2D eigenvalue weighted by molar-refractivity contribution is -0.357. The highest BCUT2D eigenvalue weighted by molar-refractivity contribution is 6.00. The first kappa shape index (κ1) is 41.5. The van der Waals surface area contributed by atoms with Crippen molar-refractivity contribution in [2.45, 2.75) is 96.4 Å². The Morgan fingerprint density at radius 1 is 0.933 bits per heavy atom. The van der Waals surface area contributed by atoms with Crippen molar-refractivity contribution in [2.75, 3.05) is 45.3 Å². The van der Waals surface area contributed by atoms with Gasteiger partial charge in [-0.3, -0.25) is 24.0 Å². The Hall–Kier alpha value is -5.21. The number of rotatable bonds is 16. The number of imidazole rings is 1. The number of hydrogen-bond donors (Lipinski definition) is 2. The van der Waals surface area contributed by atoms with Crippen LogP contribution in [0.3, 0.4) is 0 Å². The van der Waals surface area contributed by atoms with Crippen LogP contribution in [0.1, 0.15) is 101 Å². The molecule has 0 radical (unpaired) electrons. The minimum Gasteiger partial charge on any atom is -0.481 e. The number of methoxy groups -OCH3 is 1. The van der Waals surface area contributed by atoms with Crippen molar-refractivity contribution in [1.82, 2.24) is 34.3 Å². The van der Waals surface area contributed by atoms with Crippen molar-refractivity contribution in [3.8, 4) is 5.88 Å². The number of anilines is 2. The van der Waals surface area contributed by atoms with Crippen molar-refractivity contribution >= 4 is 52.1 Å². The second-order valence-electron chi connectivity index (χ2n) is 17.2. The number of nitrogens with zero attached hydrogens (tertiary/aromatic N) is 7. The van der Waals surface area contributed by atoms with Gasteiger partial charge in [0, 0.05) is 62.3 Å². The molecule has 2 saturated heterocycles. The number of aryl methyl sites for hydroxylation is 2. The number of piperidine rings is 2. The first-order valence-corrected chi connectivity index (χ1v) is 22.1. The van der Waals surface area contributed by atoms with E-state index >= 15 is 0 Å². The van der Waals surface area contributed by atoms with E-state index in [1.54, 1.807) is 24.9 Å². The molecule has 0 bridgehead atoms. The molecular weight excluding hydrogens is 759 g/mol. The second kappa shape index (κ2) is 19.0. The van der Waals surface area contributed by atoms with E-state index in [0.717, 1.165) is 98.8 Å². The van der Waals surface area contributed by atoms with Crippen LogP contribution in [0, 0.1) is 17.8 Å². The highest BCUT2D eigenvalue weighted by Crippen LogP contribution is 2.41. The molecule has 6 heterocycles. The molecule has 3 fully saturated rings. The van der Waals surface area contributed by atoms with Crippen LogP contribution >= 0.6 is 0 Å². The number of benzene rings is 1. The van der Waals surface area contributed by atoms with Crippen LogP contribution in [0.4, 0.5) is 17.5 Å². The molecule has 318 valence electrons. The van der Waals surface area contributed by atoms with Gasteiger partial charge < -0.3 is 19.7 Å². The summed E-state index contributed by atoms with van der Waals surface area (Å²) in [6.07, 6.45) is 21.4. The summed E-state index contributed by atoms with van der Waals surface area (Å²) in [5, 5.41) is 5.73. The zero-order valence-corrected chi connectivity index (χ0v) is 35.4. The van der Waals surface area contributed by atoms with E-state index in [9.17, 15) is 14.4 Å². The van der Waals surface area contributed by atoms with Crippen LogP contribution in [0.25, 0.3) is 16.6 Å². The van der Waals surface area contributed by atoms with E-state index in [1.807, 2.05) is 36.5 Å². The van der Waals surface area contributed by atoms with E-state index in [1.165, 1.54) is 42.2 Å². The molecule has 4 aliphatic rings. The van der Waals surface area contributed by atoms with Crippen LogP contribution in [0.15, 0.2) is 53.7 Å². The number of carbonyl (C=O) groups excluding carboxylic acids is 2. The minimum atomic E-state index is -0.672. The summed E-state index contributed by atoms with van der Waals surface area (Å²) in [6.45, 7) is 7.15. The number of carbonyl (C=O) groups is 2. The predicted octanol–water partition coefficient (Wildman–Crippen LogP) is 6.68. The quantitative estimate of drug-likeness (QED) is 0.0713. The topological polar surface area (TPSA) is 149 Å². The third-order valence-corrected chi connectivity index (χ3v) is 13.0. The largest absolute Gasteiger partial charge is 0.481 e. The van der Waals surface area contributed by atoms with Gasteiger partial charge in [-0.2, -0.15) is 4.98 Å². The first-order valence-electron chi connectivity index (χ1n) is 22.1. The van der Waals surface area contributed by atoms with E-state index in [0.29, 0.717) is 42.2 Å².